The summed E-state index contributed by atoms with van der Waals surface area (Å²) in [4.78, 5) is 0. The Labute approximate surface area is 92.5 Å². The zero-order valence-electron chi connectivity index (χ0n) is 9.25. The third kappa shape index (κ3) is 2.25. The number of nitrogens with one attached hydrogen (secondary N) is 1. The first-order chi connectivity index (χ1) is 7.61. The molecular weight excluding hydrogens is 208 g/mol. The Balaban J connectivity index is 2.09. The molecule has 2 aromatic heterocycles. The molecule has 0 saturated carbocycles. The third-order valence-electron chi connectivity index (χ3n) is 2.48. The van der Waals surface area contributed by atoms with Crippen LogP contribution in [0.2, 0.25) is 0 Å². The van der Waals surface area contributed by atoms with Crippen molar-refractivity contribution < 1.29 is 5.11 Å². The summed E-state index contributed by atoms with van der Waals surface area (Å²) in [5.74, 6) is 0.633. The van der Waals surface area contributed by atoms with Crippen molar-refractivity contribution in [3.8, 4) is 0 Å². The summed E-state index contributed by atoms with van der Waals surface area (Å²) in [6.07, 6.45) is 0.674. The summed E-state index contributed by atoms with van der Waals surface area (Å²) >= 11 is 0. The minimum atomic E-state index is -0.739. The van der Waals surface area contributed by atoms with Gasteiger partial charge in [-0.15, -0.1) is 14.8 Å². The van der Waals surface area contributed by atoms with Crippen molar-refractivity contribution in [2.75, 3.05) is 11.9 Å². The van der Waals surface area contributed by atoms with Crippen LogP contribution >= 0.6 is 0 Å². The van der Waals surface area contributed by atoms with Crippen molar-refractivity contribution in [3.63, 3.8) is 0 Å². The molecule has 0 aromatic carbocycles. The Kier molecular flexibility index (Phi) is 2.69. The highest BCUT2D eigenvalue weighted by molar-refractivity contribution is 5.42. The van der Waals surface area contributed by atoms with Crippen molar-refractivity contribution in [1.29, 1.82) is 0 Å². The van der Waals surface area contributed by atoms with E-state index >= 15 is 0 Å². The normalized spacial score (nSPS) is 14.9. The largest absolute Gasteiger partial charge is 0.388 e. The van der Waals surface area contributed by atoms with Crippen LogP contribution in [-0.4, -0.2) is 42.5 Å². The lowest BCUT2D eigenvalue weighted by molar-refractivity contribution is 0.0696. The van der Waals surface area contributed by atoms with Gasteiger partial charge in [0.25, 0.3) is 0 Å². The minimum Gasteiger partial charge on any atom is -0.388 e. The molecule has 0 saturated heterocycles. The van der Waals surface area contributed by atoms with E-state index in [0.717, 1.165) is 0 Å². The monoisotopic (exact) mass is 222 g/mol. The number of anilines is 1. The molecule has 0 amide bonds. The van der Waals surface area contributed by atoms with E-state index in [1.165, 1.54) is 4.63 Å². The van der Waals surface area contributed by atoms with Crippen molar-refractivity contribution in [2.45, 2.75) is 25.9 Å². The number of rotatable bonds is 4. The van der Waals surface area contributed by atoms with Gasteiger partial charge in [0.2, 0.25) is 0 Å². The predicted molar refractivity (Wildman–Crippen MR) is 58.0 cm³/mol. The molecule has 16 heavy (non-hydrogen) atoms. The fourth-order valence-corrected chi connectivity index (χ4v) is 1.15. The smallest absolute Gasteiger partial charge is 0.200 e. The minimum absolute atomic E-state index is 0.435. The molecule has 0 radical (unpaired) electrons. The van der Waals surface area contributed by atoms with Gasteiger partial charge >= 0.3 is 0 Å². The average Bonchev–Trinajstić information content (AvgIpc) is 2.73. The summed E-state index contributed by atoms with van der Waals surface area (Å²) in [7, 11) is 0. The van der Waals surface area contributed by atoms with Crippen LogP contribution in [-0.2, 0) is 0 Å². The van der Waals surface area contributed by atoms with Gasteiger partial charge < -0.3 is 10.4 Å². The lowest BCUT2D eigenvalue weighted by atomic mass is 10.0. The Morgan fingerprint density at radius 3 is 3.06 bits per heavy atom. The fraction of sp³-hybridized carbons (Fsp3) is 0.556. The molecule has 2 N–H and O–H groups in total. The number of aromatic nitrogens is 5. The topological polar surface area (TPSA) is 88.2 Å². The number of aliphatic hydroxyl groups is 1. The van der Waals surface area contributed by atoms with Gasteiger partial charge in [0.15, 0.2) is 5.65 Å². The number of tetrazole rings is 1. The van der Waals surface area contributed by atoms with Crippen LogP contribution in [0.5, 0.6) is 0 Å². The molecule has 0 aliphatic rings. The van der Waals surface area contributed by atoms with Gasteiger partial charge in [-0.25, -0.2) is 0 Å². The summed E-state index contributed by atoms with van der Waals surface area (Å²) in [6.45, 7) is 4.14. The first-order valence-corrected chi connectivity index (χ1v) is 5.12. The molecule has 2 heterocycles. The average molecular weight is 222 g/mol. The van der Waals surface area contributed by atoms with Crippen LogP contribution < -0.4 is 5.32 Å². The maximum Gasteiger partial charge on any atom is 0.200 e. The van der Waals surface area contributed by atoms with Crippen molar-refractivity contribution in [1.82, 2.24) is 25.3 Å². The zero-order chi connectivity index (χ0) is 11.6. The third-order valence-corrected chi connectivity index (χ3v) is 2.48. The van der Waals surface area contributed by atoms with Gasteiger partial charge in [-0.3, -0.25) is 0 Å². The Bertz CT molecular complexity index is 480. The van der Waals surface area contributed by atoms with Crippen LogP contribution in [0.3, 0.4) is 0 Å². The van der Waals surface area contributed by atoms with Crippen molar-refractivity contribution in [2.24, 2.45) is 0 Å². The maximum absolute atomic E-state index is 9.82. The van der Waals surface area contributed by atoms with E-state index in [4.69, 9.17) is 0 Å². The van der Waals surface area contributed by atoms with Crippen LogP contribution in [0.25, 0.3) is 5.65 Å². The molecule has 0 aliphatic carbocycles. The second-order valence-electron chi connectivity index (χ2n) is 3.95. The number of fused-ring (bicyclic) bond motifs is 1. The molecule has 1 unspecified atom stereocenters. The molecule has 7 heteroatoms. The first kappa shape index (κ1) is 10.7. The summed E-state index contributed by atoms with van der Waals surface area (Å²) < 4.78 is 1.34. The fourth-order valence-electron chi connectivity index (χ4n) is 1.15. The molecule has 0 aliphatic heterocycles. The number of nitrogens with zero attached hydrogens (tertiary/aromatic N) is 5. The van der Waals surface area contributed by atoms with Crippen LogP contribution in [0, 0.1) is 0 Å². The number of hydrogen-bond acceptors (Lipinski definition) is 6. The molecule has 1 atom stereocenters. The molecular formula is C9H14N6O. The van der Waals surface area contributed by atoms with Gasteiger partial charge in [0.05, 0.1) is 5.60 Å². The second kappa shape index (κ2) is 4.01. The molecule has 0 bridgehead atoms. The lowest BCUT2D eigenvalue weighted by Gasteiger charge is -2.21. The maximum atomic E-state index is 9.82. The van der Waals surface area contributed by atoms with Gasteiger partial charge in [0.1, 0.15) is 5.82 Å². The summed E-state index contributed by atoms with van der Waals surface area (Å²) in [5.41, 5.74) is -0.148. The van der Waals surface area contributed by atoms with Gasteiger partial charge in [0, 0.05) is 6.54 Å². The van der Waals surface area contributed by atoms with Gasteiger partial charge in [-0.2, -0.15) is 0 Å². The Morgan fingerprint density at radius 2 is 2.31 bits per heavy atom. The molecule has 7 nitrogen and oxygen atoms in total. The zero-order valence-corrected chi connectivity index (χ0v) is 9.25. The SMILES string of the molecule is CCC(C)(O)CNc1ccc2nnnn2n1. The van der Waals surface area contributed by atoms with E-state index in [1.807, 2.05) is 6.92 Å². The van der Waals surface area contributed by atoms with Crippen molar-refractivity contribution in [3.05, 3.63) is 12.1 Å². The van der Waals surface area contributed by atoms with Crippen LogP contribution in [0.4, 0.5) is 5.82 Å². The second-order valence-corrected chi connectivity index (χ2v) is 3.95. The number of hydrogen-bond donors (Lipinski definition) is 2. The predicted octanol–water partition coefficient (Wildman–Crippen LogP) is 0.0922. The molecule has 2 rings (SSSR count). The highest BCUT2D eigenvalue weighted by Gasteiger charge is 2.17. The standard InChI is InChI=1S/C9H14N6O/c1-3-9(2,16)6-10-7-4-5-8-11-13-14-15(8)12-7/h4-5,16H,3,6H2,1-2H3,(H,10,12). The van der Waals surface area contributed by atoms with E-state index < -0.39 is 5.60 Å². The Morgan fingerprint density at radius 1 is 1.50 bits per heavy atom. The van der Waals surface area contributed by atoms with E-state index in [1.54, 1.807) is 19.1 Å². The highest BCUT2D eigenvalue weighted by atomic mass is 16.3. The molecule has 0 spiro atoms. The molecule has 0 fully saturated rings. The quantitative estimate of drug-likeness (QED) is 0.762. The van der Waals surface area contributed by atoms with Crippen LogP contribution in [0.15, 0.2) is 12.1 Å². The molecule has 86 valence electrons. The summed E-state index contributed by atoms with van der Waals surface area (Å²) in [6, 6.07) is 3.54. The highest BCUT2D eigenvalue weighted by Crippen LogP contribution is 2.10. The van der Waals surface area contributed by atoms with E-state index in [-0.39, 0.29) is 0 Å². The van der Waals surface area contributed by atoms with Crippen LogP contribution in [0.1, 0.15) is 20.3 Å². The van der Waals surface area contributed by atoms with E-state index in [2.05, 4.69) is 25.9 Å². The first-order valence-electron chi connectivity index (χ1n) is 5.12. The lowest BCUT2D eigenvalue weighted by Crippen LogP contribution is -2.32. The van der Waals surface area contributed by atoms with Gasteiger partial charge in [-0.05, 0) is 35.9 Å². The summed E-state index contributed by atoms with van der Waals surface area (Å²) in [5, 5.41) is 27.9. The van der Waals surface area contributed by atoms with Crippen molar-refractivity contribution >= 4 is 11.5 Å². The van der Waals surface area contributed by atoms with E-state index in [9.17, 15) is 5.11 Å². The van der Waals surface area contributed by atoms with Gasteiger partial charge in [-0.1, -0.05) is 6.92 Å². The molecule has 2 aromatic rings. The Hall–Kier alpha value is -1.76. The van der Waals surface area contributed by atoms with E-state index in [0.29, 0.717) is 24.4 Å².